The Kier molecular flexibility index (Phi) is 8.15. The van der Waals surface area contributed by atoms with Gasteiger partial charge in [-0.25, -0.2) is 4.39 Å². The summed E-state index contributed by atoms with van der Waals surface area (Å²) in [6.45, 7) is 7.37. The van der Waals surface area contributed by atoms with Gasteiger partial charge in [0.2, 0.25) is 0 Å². The number of halogens is 1. The van der Waals surface area contributed by atoms with E-state index in [9.17, 15) is 4.39 Å². The van der Waals surface area contributed by atoms with Crippen LogP contribution in [0.5, 0.6) is 0 Å². The van der Waals surface area contributed by atoms with Crippen LogP contribution in [0.25, 0.3) is 0 Å². The normalized spacial score (nSPS) is 12.6. The molecule has 0 saturated carbocycles. The van der Waals surface area contributed by atoms with E-state index < -0.39 is 0 Å². The Morgan fingerprint density at radius 2 is 2.00 bits per heavy atom. The predicted molar refractivity (Wildman–Crippen MR) is 83.4 cm³/mol. The quantitative estimate of drug-likeness (QED) is 0.496. The molecule has 19 heavy (non-hydrogen) atoms. The Morgan fingerprint density at radius 3 is 2.63 bits per heavy atom. The van der Waals surface area contributed by atoms with Crippen molar-refractivity contribution < 1.29 is 4.39 Å². The smallest absolute Gasteiger partial charge is 0.137 e. The number of hydrogen-bond acceptors (Lipinski definition) is 2. The van der Waals surface area contributed by atoms with Gasteiger partial charge in [-0.15, -0.1) is 11.8 Å². The highest BCUT2D eigenvalue weighted by molar-refractivity contribution is 7.99. The minimum absolute atomic E-state index is 0.0795. The molecule has 1 aromatic rings. The van der Waals surface area contributed by atoms with Crippen molar-refractivity contribution in [1.82, 2.24) is 5.32 Å². The molecule has 0 radical (unpaired) electrons. The summed E-state index contributed by atoms with van der Waals surface area (Å²) in [5.41, 5.74) is 1.03. The Labute approximate surface area is 121 Å². The van der Waals surface area contributed by atoms with Crippen molar-refractivity contribution in [2.75, 3.05) is 12.3 Å². The number of unbranched alkanes of at least 4 members (excludes halogenated alkanes) is 2. The van der Waals surface area contributed by atoms with Gasteiger partial charge >= 0.3 is 0 Å². The number of benzene rings is 1. The number of hydrogen-bond donors (Lipinski definition) is 1. The fourth-order valence-electron chi connectivity index (χ4n) is 1.92. The van der Waals surface area contributed by atoms with Crippen LogP contribution in [0.1, 0.15) is 58.1 Å². The van der Waals surface area contributed by atoms with Gasteiger partial charge in [0.15, 0.2) is 0 Å². The molecule has 108 valence electrons. The molecule has 1 atom stereocenters. The van der Waals surface area contributed by atoms with E-state index in [0.29, 0.717) is 0 Å². The zero-order chi connectivity index (χ0) is 14.1. The van der Waals surface area contributed by atoms with E-state index in [1.54, 1.807) is 17.8 Å². The molecule has 0 spiro atoms. The van der Waals surface area contributed by atoms with Gasteiger partial charge in [-0.2, -0.15) is 0 Å². The SMILES string of the molecule is CCCCCSc1ccc(C(C)NCCC)cc1F. The maximum atomic E-state index is 14.0. The molecule has 0 aromatic heterocycles. The molecular formula is C16H26FNS. The lowest BCUT2D eigenvalue weighted by molar-refractivity contribution is 0.556. The number of rotatable bonds is 9. The molecule has 3 heteroatoms. The van der Waals surface area contributed by atoms with Crippen LogP contribution < -0.4 is 5.32 Å². The Morgan fingerprint density at radius 1 is 1.21 bits per heavy atom. The lowest BCUT2D eigenvalue weighted by Crippen LogP contribution is -2.19. The average Bonchev–Trinajstić information content (AvgIpc) is 2.42. The molecule has 0 heterocycles. The first-order valence-corrected chi connectivity index (χ1v) is 8.33. The monoisotopic (exact) mass is 283 g/mol. The second-order valence-electron chi connectivity index (χ2n) is 4.92. The molecule has 1 unspecified atom stereocenters. The van der Waals surface area contributed by atoms with E-state index in [2.05, 4.69) is 26.1 Å². The van der Waals surface area contributed by atoms with Crippen LogP contribution >= 0.6 is 11.8 Å². The lowest BCUT2D eigenvalue weighted by atomic mass is 10.1. The zero-order valence-corrected chi connectivity index (χ0v) is 13.2. The maximum absolute atomic E-state index is 14.0. The highest BCUT2D eigenvalue weighted by atomic mass is 32.2. The van der Waals surface area contributed by atoms with E-state index >= 15 is 0 Å². The van der Waals surface area contributed by atoms with Crippen LogP contribution in [-0.4, -0.2) is 12.3 Å². The van der Waals surface area contributed by atoms with Crippen LogP contribution in [0, 0.1) is 5.82 Å². The summed E-state index contributed by atoms with van der Waals surface area (Å²) < 4.78 is 14.0. The van der Waals surface area contributed by atoms with Gasteiger partial charge in [0, 0.05) is 10.9 Å². The zero-order valence-electron chi connectivity index (χ0n) is 12.3. The minimum atomic E-state index is -0.0795. The van der Waals surface area contributed by atoms with Crippen LogP contribution in [0.4, 0.5) is 4.39 Å². The highest BCUT2D eigenvalue weighted by Gasteiger charge is 2.08. The van der Waals surface area contributed by atoms with Gasteiger partial charge in [0.1, 0.15) is 5.82 Å². The van der Waals surface area contributed by atoms with Crippen molar-refractivity contribution in [1.29, 1.82) is 0 Å². The molecule has 0 amide bonds. The molecule has 0 fully saturated rings. The van der Waals surface area contributed by atoms with E-state index in [1.165, 1.54) is 12.8 Å². The van der Waals surface area contributed by atoms with Gasteiger partial charge in [-0.3, -0.25) is 0 Å². The molecule has 1 rings (SSSR count). The van der Waals surface area contributed by atoms with Crippen LogP contribution in [0.15, 0.2) is 23.1 Å². The molecule has 1 aromatic carbocycles. The molecule has 0 aliphatic rings. The largest absolute Gasteiger partial charge is 0.310 e. The molecule has 0 bridgehead atoms. The molecule has 0 aliphatic heterocycles. The van der Waals surface area contributed by atoms with Gasteiger partial charge in [-0.1, -0.05) is 32.8 Å². The van der Waals surface area contributed by atoms with Crippen molar-refractivity contribution in [3.63, 3.8) is 0 Å². The summed E-state index contributed by atoms with van der Waals surface area (Å²) in [6, 6.07) is 5.85. The van der Waals surface area contributed by atoms with E-state index in [-0.39, 0.29) is 11.9 Å². The average molecular weight is 283 g/mol. The van der Waals surface area contributed by atoms with Crippen LogP contribution in [0.2, 0.25) is 0 Å². The van der Waals surface area contributed by atoms with E-state index in [0.717, 1.165) is 35.6 Å². The Bertz CT molecular complexity index is 368. The fourth-order valence-corrected chi connectivity index (χ4v) is 2.85. The predicted octanol–water partition coefficient (Wildman–Crippen LogP) is 5.17. The maximum Gasteiger partial charge on any atom is 0.137 e. The third-order valence-electron chi connectivity index (χ3n) is 3.16. The molecule has 0 aliphatic carbocycles. The lowest BCUT2D eigenvalue weighted by Gasteiger charge is -2.14. The van der Waals surface area contributed by atoms with Gasteiger partial charge in [0.05, 0.1) is 0 Å². The summed E-state index contributed by atoms with van der Waals surface area (Å²) in [5, 5.41) is 3.38. The van der Waals surface area contributed by atoms with Gasteiger partial charge < -0.3 is 5.32 Å². The third kappa shape index (κ3) is 5.96. The molecule has 1 nitrogen and oxygen atoms in total. The third-order valence-corrected chi connectivity index (χ3v) is 4.30. The summed E-state index contributed by atoms with van der Waals surface area (Å²) in [4.78, 5) is 0.780. The van der Waals surface area contributed by atoms with Crippen molar-refractivity contribution in [2.45, 2.75) is 57.4 Å². The van der Waals surface area contributed by atoms with Gasteiger partial charge in [-0.05, 0) is 49.8 Å². The van der Waals surface area contributed by atoms with Crippen molar-refractivity contribution in [3.8, 4) is 0 Å². The Hall–Kier alpha value is -0.540. The minimum Gasteiger partial charge on any atom is -0.310 e. The van der Waals surface area contributed by atoms with Gasteiger partial charge in [0.25, 0.3) is 0 Å². The van der Waals surface area contributed by atoms with Crippen molar-refractivity contribution >= 4 is 11.8 Å². The first-order chi connectivity index (χ1) is 9.19. The summed E-state index contributed by atoms with van der Waals surface area (Å²) in [7, 11) is 0. The van der Waals surface area contributed by atoms with Crippen molar-refractivity contribution in [2.24, 2.45) is 0 Å². The summed E-state index contributed by atoms with van der Waals surface area (Å²) in [6.07, 6.45) is 4.70. The first kappa shape index (κ1) is 16.5. The topological polar surface area (TPSA) is 12.0 Å². The molecular weight excluding hydrogens is 257 g/mol. The van der Waals surface area contributed by atoms with E-state index in [4.69, 9.17) is 0 Å². The molecule has 0 saturated heterocycles. The second kappa shape index (κ2) is 9.38. The van der Waals surface area contributed by atoms with Crippen LogP contribution in [-0.2, 0) is 0 Å². The number of nitrogens with one attached hydrogen (secondary N) is 1. The summed E-state index contributed by atoms with van der Waals surface area (Å²) >= 11 is 1.63. The fraction of sp³-hybridized carbons (Fsp3) is 0.625. The first-order valence-electron chi connectivity index (χ1n) is 7.34. The molecule has 1 N–H and O–H groups in total. The van der Waals surface area contributed by atoms with Crippen LogP contribution in [0.3, 0.4) is 0 Å². The summed E-state index contributed by atoms with van der Waals surface area (Å²) in [5.74, 6) is 0.928. The van der Waals surface area contributed by atoms with E-state index in [1.807, 2.05) is 12.1 Å². The van der Waals surface area contributed by atoms with Crippen molar-refractivity contribution in [3.05, 3.63) is 29.6 Å². The standard InChI is InChI=1S/C16H26FNS/c1-4-6-7-11-19-16-9-8-14(12-15(16)17)13(3)18-10-5-2/h8-9,12-13,18H,4-7,10-11H2,1-3H3. The Balaban J connectivity index is 2.53. The number of thioether (sulfide) groups is 1. The second-order valence-corrected chi connectivity index (χ2v) is 6.06. The highest BCUT2D eigenvalue weighted by Crippen LogP contribution is 2.25.